The van der Waals surface area contributed by atoms with Crippen molar-refractivity contribution in [2.45, 2.75) is 13.0 Å². The Morgan fingerprint density at radius 2 is 2.55 bits per heavy atom. The summed E-state index contributed by atoms with van der Waals surface area (Å²) >= 11 is 0. The van der Waals surface area contributed by atoms with Crippen molar-refractivity contribution < 1.29 is 9.53 Å². The molecule has 1 unspecified atom stereocenters. The Morgan fingerprint density at radius 1 is 1.82 bits per heavy atom. The molecule has 0 bridgehead atoms. The summed E-state index contributed by atoms with van der Waals surface area (Å²) < 4.78 is 5.18. The molecule has 2 N–H and O–H groups in total. The van der Waals surface area contributed by atoms with Crippen LogP contribution >= 0.6 is 0 Å². The minimum atomic E-state index is -0.390. The van der Waals surface area contributed by atoms with Crippen LogP contribution in [0.4, 0.5) is 0 Å². The highest BCUT2D eigenvalue weighted by molar-refractivity contribution is 5.82. The van der Waals surface area contributed by atoms with Crippen LogP contribution in [-0.4, -0.2) is 36.6 Å². The third-order valence-electron chi connectivity index (χ3n) is 1.71. The van der Waals surface area contributed by atoms with E-state index in [0.717, 1.165) is 6.54 Å². The van der Waals surface area contributed by atoms with Crippen LogP contribution in [-0.2, 0) is 9.53 Å². The van der Waals surface area contributed by atoms with Gasteiger partial charge >= 0.3 is 0 Å². The van der Waals surface area contributed by atoms with E-state index >= 15 is 0 Å². The number of amides is 1. The fourth-order valence-corrected chi connectivity index (χ4v) is 1.10. The Balaban J connectivity index is 2.35. The molecule has 1 radical (unpaired) electrons. The van der Waals surface area contributed by atoms with E-state index in [4.69, 9.17) is 10.5 Å². The number of primary amides is 1. The fraction of sp³-hybridized carbons (Fsp3) is 0.714. The zero-order chi connectivity index (χ0) is 8.27. The summed E-state index contributed by atoms with van der Waals surface area (Å²) in [5, 5.41) is 0. The van der Waals surface area contributed by atoms with Crippen molar-refractivity contribution in [1.82, 2.24) is 4.90 Å². The Hall–Kier alpha value is -0.610. The van der Waals surface area contributed by atoms with Crippen LogP contribution in [0.1, 0.15) is 6.92 Å². The normalized spacial score (nSPS) is 26.8. The predicted octanol–water partition coefficient (Wildman–Crippen LogP) is -0.646. The van der Waals surface area contributed by atoms with E-state index in [2.05, 4.69) is 0 Å². The maximum absolute atomic E-state index is 10.5. The van der Waals surface area contributed by atoms with Crippen LogP contribution in [0.5, 0.6) is 0 Å². The monoisotopic (exact) mass is 157 g/mol. The van der Waals surface area contributed by atoms with Crippen molar-refractivity contribution in [2.24, 2.45) is 5.73 Å². The van der Waals surface area contributed by atoms with Crippen molar-refractivity contribution >= 4 is 5.91 Å². The summed E-state index contributed by atoms with van der Waals surface area (Å²) in [7, 11) is 0. The van der Waals surface area contributed by atoms with Crippen molar-refractivity contribution in [1.29, 1.82) is 0 Å². The number of carbonyl (C=O) groups excluding carboxylic acids is 1. The molecule has 0 aromatic heterocycles. The molecule has 11 heavy (non-hydrogen) atoms. The second kappa shape index (κ2) is 3.69. The van der Waals surface area contributed by atoms with Crippen LogP contribution in [0, 0.1) is 6.54 Å². The maximum Gasteiger partial charge on any atom is 0.236 e. The average Bonchev–Trinajstić information content (AvgIpc) is 1.93. The van der Waals surface area contributed by atoms with E-state index in [-0.39, 0.29) is 6.04 Å². The molecule has 4 nitrogen and oxygen atoms in total. The third-order valence-corrected chi connectivity index (χ3v) is 1.71. The first-order chi connectivity index (χ1) is 5.20. The second-order valence-corrected chi connectivity index (χ2v) is 2.69. The Bertz CT molecular complexity index is 149. The van der Waals surface area contributed by atoms with Crippen LogP contribution in [0.15, 0.2) is 0 Å². The molecule has 63 valence electrons. The lowest BCUT2D eigenvalue weighted by atomic mass is 10.2. The van der Waals surface area contributed by atoms with Gasteiger partial charge < -0.3 is 10.5 Å². The number of morpholine rings is 1. The molecular weight excluding hydrogens is 144 g/mol. The van der Waals surface area contributed by atoms with Crippen LogP contribution in [0.25, 0.3) is 0 Å². The summed E-state index contributed by atoms with van der Waals surface area (Å²) in [4.78, 5) is 12.4. The Kier molecular flexibility index (Phi) is 2.84. The smallest absolute Gasteiger partial charge is 0.236 e. The van der Waals surface area contributed by atoms with Gasteiger partial charge in [0.25, 0.3) is 0 Å². The first kappa shape index (κ1) is 8.49. The lowest BCUT2D eigenvalue weighted by Gasteiger charge is -2.31. The Morgan fingerprint density at radius 3 is 3.09 bits per heavy atom. The minimum absolute atomic E-state index is 0.260. The fourth-order valence-electron chi connectivity index (χ4n) is 1.10. The standard InChI is InChI=1S/C7H13N2O2/c1-6-5-11-3-2-9(6)4-7(8)10/h4,6H,2-3,5H2,1H3,(H2,8,10). The number of rotatable bonds is 2. The highest BCUT2D eigenvalue weighted by Gasteiger charge is 2.19. The molecule has 1 aliphatic heterocycles. The van der Waals surface area contributed by atoms with E-state index in [0.29, 0.717) is 13.2 Å². The quantitative estimate of drug-likeness (QED) is 0.579. The molecule has 1 amide bonds. The molecule has 0 aliphatic carbocycles. The molecule has 1 rings (SSSR count). The van der Waals surface area contributed by atoms with Gasteiger partial charge in [0.2, 0.25) is 5.91 Å². The number of hydrogen-bond acceptors (Lipinski definition) is 3. The number of ether oxygens (including phenoxy) is 1. The predicted molar refractivity (Wildman–Crippen MR) is 40.5 cm³/mol. The van der Waals surface area contributed by atoms with Crippen LogP contribution in [0.3, 0.4) is 0 Å². The largest absolute Gasteiger partial charge is 0.379 e. The summed E-state index contributed by atoms with van der Waals surface area (Å²) in [6.07, 6.45) is 0. The summed E-state index contributed by atoms with van der Waals surface area (Å²) in [5.41, 5.74) is 5.01. The lowest BCUT2D eigenvalue weighted by molar-refractivity contribution is -0.117. The van der Waals surface area contributed by atoms with Crippen molar-refractivity contribution in [2.75, 3.05) is 19.8 Å². The van der Waals surface area contributed by atoms with Gasteiger partial charge in [-0.05, 0) is 6.92 Å². The molecule has 1 fully saturated rings. The Labute approximate surface area is 66.3 Å². The molecule has 1 aliphatic rings. The van der Waals surface area contributed by atoms with E-state index < -0.39 is 5.91 Å². The molecule has 0 spiro atoms. The maximum atomic E-state index is 10.5. The van der Waals surface area contributed by atoms with Gasteiger partial charge in [0.05, 0.1) is 13.2 Å². The summed E-state index contributed by atoms with van der Waals surface area (Å²) in [5.74, 6) is -0.390. The lowest BCUT2D eigenvalue weighted by Crippen LogP contribution is -2.44. The van der Waals surface area contributed by atoms with Gasteiger partial charge in [0.1, 0.15) is 6.54 Å². The highest BCUT2D eigenvalue weighted by Crippen LogP contribution is 2.06. The third kappa shape index (κ3) is 2.48. The van der Waals surface area contributed by atoms with E-state index in [1.165, 1.54) is 6.54 Å². The van der Waals surface area contributed by atoms with Crippen LogP contribution < -0.4 is 5.73 Å². The van der Waals surface area contributed by atoms with Gasteiger partial charge in [-0.25, -0.2) is 0 Å². The zero-order valence-corrected chi connectivity index (χ0v) is 6.62. The molecule has 4 heteroatoms. The van der Waals surface area contributed by atoms with Gasteiger partial charge in [-0.15, -0.1) is 0 Å². The van der Waals surface area contributed by atoms with Crippen molar-refractivity contribution in [3.63, 3.8) is 0 Å². The topological polar surface area (TPSA) is 55.6 Å². The molecule has 0 saturated carbocycles. The van der Waals surface area contributed by atoms with E-state index in [9.17, 15) is 4.79 Å². The first-order valence-corrected chi connectivity index (χ1v) is 3.68. The van der Waals surface area contributed by atoms with Crippen LogP contribution in [0.2, 0.25) is 0 Å². The van der Waals surface area contributed by atoms with Crippen molar-refractivity contribution in [3.05, 3.63) is 6.54 Å². The SMILES string of the molecule is CC1COCCN1[CH]C(N)=O. The van der Waals surface area contributed by atoms with Gasteiger partial charge in [0.15, 0.2) is 0 Å². The summed E-state index contributed by atoms with van der Waals surface area (Å²) in [6.45, 7) is 5.54. The second-order valence-electron chi connectivity index (χ2n) is 2.69. The highest BCUT2D eigenvalue weighted by atomic mass is 16.5. The number of nitrogens with two attached hydrogens (primary N) is 1. The number of carbonyl (C=O) groups is 1. The molecule has 1 atom stereocenters. The summed E-state index contributed by atoms with van der Waals surface area (Å²) in [6, 6.07) is 0.260. The van der Waals surface area contributed by atoms with E-state index in [1.807, 2.05) is 11.8 Å². The molecule has 1 heterocycles. The number of nitrogens with zero attached hydrogens (tertiary/aromatic N) is 1. The molecule has 1 saturated heterocycles. The van der Waals surface area contributed by atoms with Gasteiger partial charge in [-0.2, -0.15) is 0 Å². The molecule has 0 aromatic carbocycles. The number of hydrogen-bond donors (Lipinski definition) is 1. The van der Waals surface area contributed by atoms with Gasteiger partial charge in [-0.1, -0.05) is 0 Å². The van der Waals surface area contributed by atoms with Gasteiger partial charge in [-0.3, -0.25) is 9.69 Å². The average molecular weight is 157 g/mol. The first-order valence-electron chi connectivity index (χ1n) is 3.68. The molecule has 0 aromatic rings. The van der Waals surface area contributed by atoms with Gasteiger partial charge in [0, 0.05) is 12.6 Å². The van der Waals surface area contributed by atoms with Crippen molar-refractivity contribution in [3.8, 4) is 0 Å². The zero-order valence-electron chi connectivity index (χ0n) is 6.62. The minimum Gasteiger partial charge on any atom is -0.379 e. The van der Waals surface area contributed by atoms with E-state index in [1.54, 1.807) is 0 Å². The molecular formula is C7H13N2O2.